The zero-order valence-corrected chi connectivity index (χ0v) is 8.38. The van der Waals surface area contributed by atoms with Crippen LogP contribution in [0.15, 0.2) is 0 Å². The topological polar surface area (TPSA) is 78.8 Å². The van der Waals surface area contributed by atoms with Gasteiger partial charge in [0.25, 0.3) is 0 Å². The summed E-state index contributed by atoms with van der Waals surface area (Å²) in [5, 5.41) is 19.4. The van der Waals surface area contributed by atoms with Gasteiger partial charge in [-0.3, -0.25) is 9.83 Å². The standard InChI is InChI=1S/C3H6O5S.Na/c1-2(3(4)5)9-8-7-6;/h2,6H,1H3,(H,4,5);/q;+1/p-1. The van der Waals surface area contributed by atoms with Crippen LogP contribution in [0.4, 0.5) is 0 Å². The van der Waals surface area contributed by atoms with E-state index in [0.717, 1.165) is 0 Å². The maximum absolute atomic E-state index is 9.95. The number of carbonyl (C=O) groups is 1. The maximum atomic E-state index is 9.95. The SMILES string of the molecule is CC(SOO[O-])C(=O)O.[Na+]. The number of aliphatic carboxylic acids is 1. The van der Waals surface area contributed by atoms with Crippen molar-refractivity contribution in [2.45, 2.75) is 12.2 Å². The van der Waals surface area contributed by atoms with Crippen LogP contribution >= 0.6 is 12.0 Å². The Hall–Kier alpha value is 0.700. The average Bonchev–Trinajstić information content (AvgIpc) is 1.82. The Bertz CT molecular complexity index is 98.9. The first-order valence-corrected chi connectivity index (χ1v) is 2.83. The van der Waals surface area contributed by atoms with E-state index >= 15 is 0 Å². The molecular formula is C3H5NaO5S. The fourth-order valence-corrected chi connectivity index (χ4v) is 0.348. The molecule has 1 N–H and O–H groups in total. The zero-order chi connectivity index (χ0) is 7.28. The molecule has 1 unspecified atom stereocenters. The number of hydrogen-bond donors (Lipinski definition) is 1. The molecule has 0 bridgehead atoms. The minimum Gasteiger partial charge on any atom is -0.691 e. The first-order chi connectivity index (χ1) is 4.18. The summed E-state index contributed by atoms with van der Waals surface area (Å²) < 4.78 is 3.74. The molecule has 0 saturated carbocycles. The van der Waals surface area contributed by atoms with E-state index in [-0.39, 0.29) is 29.6 Å². The van der Waals surface area contributed by atoms with Crippen LogP contribution in [0.2, 0.25) is 0 Å². The second-order valence-electron chi connectivity index (χ2n) is 1.21. The van der Waals surface area contributed by atoms with Crippen molar-refractivity contribution in [2.75, 3.05) is 0 Å². The molecule has 54 valence electrons. The quantitative estimate of drug-likeness (QED) is 0.206. The summed E-state index contributed by atoms with van der Waals surface area (Å²) in [6, 6.07) is 0. The fraction of sp³-hybridized carbons (Fsp3) is 0.667. The molecule has 0 aromatic rings. The van der Waals surface area contributed by atoms with Gasteiger partial charge >= 0.3 is 35.5 Å². The van der Waals surface area contributed by atoms with Gasteiger partial charge in [-0.1, -0.05) is 0 Å². The van der Waals surface area contributed by atoms with Crippen LogP contribution in [0.25, 0.3) is 0 Å². The Morgan fingerprint density at radius 3 is 2.60 bits per heavy atom. The van der Waals surface area contributed by atoms with E-state index in [0.29, 0.717) is 12.0 Å². The fourth-order valence-electron chi connectivity index (χ4n) is 0.116. The van der Waals surface area contributed by atoms with E-state index < -0.39 is 11.2 Å². The third-order valence-corrected chi connectivity index (χ3v) is 1.18. The Balaban J connectivity index is 0. The van der Waals surface area contributed by atoms with Gasteiger partial charge in [-0.15, -0.1) is 0 Å². The van der Waals surface area contributed by atoms with Crippen molar-refractivity contribution in [3.05, 3.63) is 0 Å². The molecule has 0 heterocycles. The van der Waals surface area contributed by atoms with Crippen LogP contribution in [0.5, 0.6) is 0 Å². The third kappa shape index (κ3) is 6.81. The van der Waals surface area contributed by atoms with Crippen molar-refractivity contribution in [2.24, 2.45) is 0 Å². The number of hydrogen-bond acceptors (Lipinski definition) is 5. The van der Waals surface area contributed by atoms with Gasteiger partial charge in [0.2, 0.25) is 0 Å². The van der Waals surface area contributed by atoms with E-state index in [1.807, 2.05) is 0 Å². The second-order valence-corrected chi connectivity index (χ2v) is 2.25. The van der Waals surface area contributed by atoms with Crippen molar-refractivity contribution in [1.29, 1.82) is 0 Å². The summed E-state index contributed by atoms with van der Waals surface area (Å²) in [6.07, 6.45) is 0. The Morgan fingerprint density at radius 1 is 1.80 bits per heavy atom. The Morgan fingerprint density at radius 2 is 2.30 bits per heavy atom. The van der Waals surface area contributed by atoms with Gasteiger partial charge in [-0.2, -0.15) is 4.33 Å². The van der Waals surface area contributed by atoms with Crippen molar-refractivity contribution >= 4 is 18.0 Å². The second kappa shape index (κ2) is 7.80. The minimum atomic E-state index is -1.06. The van der Waals surface area contributed by atoms with E-state index in [9.17, 15) is 4.79 Å². The van der Waals surface area contributed by atoms with Gasteiger partial charge in [-0.05, 0) is 6.92 Å². The van der Waals surface area contributed by atoms with E-state index in [4.69, 9.17) is 10.4 Å². The molecule has 0 fully saturated rings. The number of rotatable bonds is 4. The summed E-state index contributed by atoms with van der Waals surface area (Å²) in [4.78, 5) is 9.95. The molecule has 0 saturated heterocycles. The Kier molecular flexibility index (Phi) is 10.4. The van der Waals surface area contributed by atoms with Crippen LogP contribution in [0.3, 0.4) is 0 Å². The monoisotopic (exact) mass is 176 g/mol. The van der Waals surface area contributed by atoms with Gasteiger partial charge < -0.3 is 10.4 Å². The summed E-state index contributed by atoms with van der Waals surface area (Å²) in [7, 11) is 0. The van der Waals surface area contributed by atoms with Crippen molar-refractivity contribution in [3.63, 3.8) is 0 Å². The molecule has 0 radical (unpaired) electrons. The largest absolute Gasteiger partial charge is 1.00 e. The first-order valence-electron chi connectivity index (χ1n) is 2.03. The predicted molar refractivity (Wildman–Crippen MR) is 26.9 cm³/mol. The molecule has 10 heavy (non-hydrogen) atoms. The first kappa shape index (κ1) is 13.3. The maximum Gasteiger partial charge on any atom is 1.00 e. The van der Waals surface area contributed by atoms with Gasteiger partial charge in [0.1, 0.15) is 5.25 Å². The molecule has 0 amide bonds. The van der Waals surface area contributed by atoms with Crippen LogP contribution in [0, 0.1) is 0 Å². The number of carboxylic acids is 1. The van der Waals surface area contributed by atoms with Crippen LogP contribution in [0.1, 0.15) is 6.92 Å². The summed E-state index contributed by atoms with van der Waals surface area (Å²) in [5.74, 6) is -1.06. The molecule has 7 heteroatoms. The predicted octanol–water partition coefficient (Wildman–Crippen LogP) is -3.66. The molecule has 0 aromatic carbocycles. The van der Waals surface area contributed by atoms with Crippen LogP contribution in [-0.4, -0.2) is 16.3 Å². The normalized spacial score (nSPS) is 11.8. The van der Waals surface area contributed by atoms with E-state index in [2.05, 4.69) is 9.37 Å². The van der Waals surface area contributed by atoms with Gasteiger partial charge in [0.05, 0.1) is 0 Å². The summed E-state index contributed by atoms with van der Waals surface area (Å²) in [6.45, 7) is 1.37. The Labute approximate surface area is 84.1 Å². The van der Waals surface area contributed by atoms with E-state index in [1.54, 1.807) is 0 Å². The average molecular weight is 176 g/mol. The smallest absolute Gasteiger partial charge is 0.691 e. The molecule has 0 aliphatic heterocycles. The van der Waals surface area contributed by atoms with E-state index in [1.165, 1.54) is 6.92 Å². The summed E-state index contributed by atoms with van der Waals surface area (Å²) >= 11 is 0.450. The van der Waals surface area contributed by atoms with Crippen molar-refractivity contribution in [1.82, 2.24) is 0 Å². The molecule has 0 aliphatic rings. The number of carboxylic acid groups (broad SMARTS) is 1. The molecule has 1 atom stereocenters. The molecule has 0 spiro atoms. The van der Waals surface area contributed by atoms with Gasteiger partial charge in [-0.25, -0.2) is 0 Å². The van der Waals surface area contributed by atoms with Crippen molar-refractivity contribution in [3.8, 4) is 0 Å². The third-order valence-electron chi connectivity index (χ3n) is 0.559. The van der Waals surface area contributed by atoms with Gasteiger partial charge in [0.15, 0.2) is 0 Å². The molecular weight excluding hydrogens is 171 g/mol. The zero-order valence-electron chi connectivity index (χ0n) is 5.57. The molecule has 0 rings (SSSR count). The molecule has 0 aliphatic carbocycles. The molecule has 0 aromatic heterocycles. The van der Waals surface area contributed by atoms with Crippen molar-refractivity contribution < 1.29 is 54.1 Å². The molecule has 5 nitrogen and oxygen atoms in total. The van der Waals surface area contributed by atoms with Gasteiger partial charge in [0, 0.05) is 12.0 Å². The summed E-state index contributed by atoms with van der Waals surface area (Å²) in [5.41, 5.74) is 0. The minimum absolute atomic E-state index is 0. The van der Waals surface area contributed by atoms with Crippen LogP contribution < -0.4 is 34.8 Å². The van der Waals surface area contributed by atoms with Crippen LogP contribution in [-0.2, 0) is 14.2 Å².